The SMILES string of the molecule is C=C[Si](C)(O[Si](C)(C)O[Si](C)(C)C)c1ccccc1. The molecule has 0 saturated carbocycles. The maximum absolute atomic E-state index is 6.51. The average molecular weight is 311 g/mol. The van der Waals surface area contributed by atoms with Crippen LogP contribution in [0.4, 0.5) is 0 Å². The molecule has 0 aliphatic rings. The minimum absolute atomic E-state index is 1.25. The van der Waals surface area contributed by atoms with Gasteiger partial charge >= 0.3 is 8.56 Å². The molecular weight excluding hydrogens is 284 g/mol. The van der Waals surface area contributed by atoms with Gasteiger partial charge in [-0.05, 0) is 44.5 Å². The van der Waals surface area contributed by atoms with Crippen LogP contribution in [0.5, 0.6) is 0 Å². The molecule has 1 rings (SSSR count). The van der Waals surface area contributed by atoms with Gasteiger partial charge in [-0.25, -0.2) is 0 Å². The van der Waals surface area contributed by atoms with Crippen LogP contribution in [0.15, 0.2) is 42.6 Å². The zero-order chi connectivity index (χ0) is 14.7. The Morgan fingerprint density at radius 1 is 0.895 bits per heavy atom. The number of rotatable bonds is 6. The first-order valence-electron chi connectivity index (χ1n) is 6.67. The largest absolute Gasteiger partial charge is 0.437 e. The topological polar surface area (TPSA) is 18.5 Å². The normalized spacial score (nSPS) is 15.9. The highest BCUT2D eigenvalue weighted by Crippen LogP contribution is 2.20. The highest BCUT2D eigenvalue weighted by Gasteiger charge is 2.40. The van der Waals surface area contributed by atoms with Crippen molar-refractivity contribution in [2.24, 2.45) is 0 Å². The Hall–Kier alpha value is -0.469. The van der Waals surface area contributed by atoms with Crippen LogP contribution in [0.2, 0.25) is 39.3 Å². The summed E-state index contributed by atoms with van der Waals surface area (Å²) < 4.78 is 12.8. The van der Waals surface area contributed by atoms with E-state index in [0.29, 0.717) is 0 Å². The molecule has 0 saturated heterocycles. The minimum Gasteiger partial charge on any atom is -0.437 e. The van der Waals surface area contributed by atoms with Crippen molar-refractivity contribution in [1.82, 2.24) is 0 Å². The Morgan fingerprint density at radius 2 is 1.42 bits per heavy atom. The van der Waals surface area contributed by atoms with E-state index >= 15 is 0 Å². The third-order valence-corrected chi connectivity index (χ3v) is 13.1. The fourth-order valence-corrected chi connectivity index (χ4v) is 14.7. The highest BCUT2D eigenvalue weighted by atomic mass is 28.5. The Labute approximate surface area is 121 Å². The van der Waals surface area contributed by atoms with Crippen LogP contribution in [-0.4, -0.2) is 25.2 Å². The fourth-order valence-electron chi connectivity index (χ4n) is 2.26. The Kier molecular flexibility index (Phi) is 5.14. The van der Waals surface area contributed by atoms with Gasteiger partial charge < -0.3 is 8.23 Å². The summed E-state index contributed by atoms with van der Waals surface area (Å²) >= 11 is 0. The lowest BCUT2D eigenvalue weighted by Gasteiger charge is -2.37. The Morgan fingerprint density at radius 3 is 1.84 bits per heavy atom. The summed E-state index contributed by atoms with van der Waals surface area (Å²) in [6.07, 6.45) is 0. The van der Waals surface area contributed by atoms with Gasteiger partial charge in [0.05, 0.1) is 0 Å². The van der Waals surface area contributed by atoms with Crippen LogP contribution in [0.25, 0.3) is 0 Å². The molecule has 0 spiro atoms. The lowest BCUT2D eigenvalue weighted by atomic mass is 10.4. The molecule has 1 unspecified atom stereocenters. The molecule has 0 radical (unpaired) electrons. The molecule has 106 valence electrons. The van der Waals surface area contributed by atoms with Gasteiger partial charge in [0.15, 0.2) is 8.32 Å². The maximum atomic E-state index is 6.51. The second kappa shape index (κ2) is 5.89. The van der Waals surface area contributed by atoms with Crippen molar-refractivity contribution < 1.29 is 8.23 Å². The molecule has 1 aromatic carbocycles. The molecule has 0 amide bonds. The van der Waals surface area contributed by atoms with E-state index in [2.05, 4.69) is 70.1 Å². The molecule has 19 heavy (non-hydrogen) atoms. The summed E-state index contributed by atoms with van der Waals surface area (Å²) in [4.78, 5) is 0. The van der Waals surface area contributed by atoms with E-state index in [1.54, 1.807) is 0 Å². The van der Waals surface area contributed by atoms with Crippen LogP contribution >= 0.6 is 0 Å². The third kappa shape index (κ3) is 5.19. The van der Waals surface area contributed by atoms with Crippen molar-refractivity contribution in [2.75, 3.05) is 0 Å². The Bertz CT molecular complexity index is 426. The summed E-state index contributed by atoms with van der Waals surface area (Å²) in [6.45, 7) is 17.1. The molecular formula is C14H26O2Si3. The molecule has 1 atom stereocenters. The molecule has 5 heteroatoms. The maximum Gasteiger partial charge on any atom is 0.311 e. The molecule has 1 aromatic rings. The molecule has 0 aliphatic heterocycles. The zero-order valence-corrected chi connectivity index (χ0v) is 16.0. The highest BCUT2D eigenvalue weighted by molar-refractivity contribution is 6.96. The second-order valence-electron chi connectivity index (χ2n) is 6.39. The lowest BCUT2D eigenvalue weighted by Crippen LogP contribution is -2.57. The van der Waals surface area contributed by atoms with Crippen molar-refractivity contribution in [1.29, 1.82) is 0 Å². The van der Waals surface area contributed by atoms with Crippen molar-refractivity contribution >= 4 is 30.4 Å². The predicted octanol–water partition coefficient (Wildman–Crippen LogP) is 3.76. The quantitative estimate of drug-likeness (QED) is 0.745. The molecule has 0 N–H and O–H groups in total. The fraction of sp³-hybridized carbons (Fsp3) is 0.429. The Balaban J connectivity index is 2.96. The lowest BCUT2D eigenvalue weighted by molar-refractivity contribution is 0.400. The van der Waals surface area contributed by atoms with Crippen LogP contribution in [0, 0.1) is 0 Å². The number of benzene rings is 1. The number of hydrogen-bond donors (Lipinski definition) is 0. The smallest absolute Gasteiger partial charge is 0.311 e. The van der Waals surface area contributed by atoms with E-state index in [0.717, 1.165) is 0 Å². The van der Waals surface area contributed by atoms with Crippen molar-refractivity contribution in [2.45, 2.75) is 39.3 Å². The van der Waals surface area contributed by atoms with Crippen molar-refractivity contribution in [3.8, 4) is 0 Å². The summed E-state index contributed by atoms with van der Waals surface area (Å²) in [5.74, 6) is 0. The second-order valence-corrected chi connectivity index (χ2v) is 18.3. The first-order chi connectivity index (χ1) is 8.58. The monoisotopic (exact) mass is 310 g/mol. The van der Waals surface area contributed by atoms with Crippen LogP contribution in [0.1, 0.15) is 0 Å². The molecule has 0 aromatic heterocycles. The van der Waals surface area contributed by atoms with E-state index in [-0.39, 0.29) is 0 Å². The van der Waals surface area contributed by atoms with Crippen LogP contribution < -0.4 is 5.19 Å². The van der Waals surface area contributed by atoms with Crippen molar-refractivity contribution in [3.05, 3.63) is 42.6 Å². The van der Waals surface area contributed by atoms with E-state index in [4.69, 9.17) is 8.23 Å². The van der Waals surface area contributed by atoms with E-state index < -0.39 is 25.2 Å². The van der Waals surface area contributed by atoms with Gasteiger partial charge in [0.1, 0.15) is 0 Å². The van der Waals surface area contributed by atoms with E-state index in [1.165, 1.54) is 5.19 Å². The van der Waals surface area contributed by atoms with Gasteiger partial charge in [0.2, 0.25) is 8.32 Å². The van der Waals surface area contributed by atoms with E-state index in [1.807, 2.05) is 11.8 Å². The van der Waals surface area contributed by atoms with Gasteiger partial charge in [-0.2, -0.15) is 0 Å². The van der Waals surface area contributed by atoms with Gasteiger partial charge in [-0.15, -0.1) is 6.58 Å². The molecule has 0 heterocycles. The third-order valence-electron chi connectivity index (χ3n) is 2.75. The average Bonchev–Trinajstić information content (AvgIpc) is 2.26. The predicted molar refractivity (Wildman–Crippen MR) is 90.9 cm³/mol. The van der Waals surface area contributed by atoms with Gasteiger partial charge in [0, 0.05) is 0 Å². The first-order valence-corrected chi connectivity index (χ1v) is 15.4. The molecule has 2 nitrogen and oxygen atoms in total. The van der Waals surface area contributed by atoms with Gasteiger partial charge in [-0.1, -0.05) is 36.0 Å². The first kappa shape index (κ1) is 16.6. The minimum atomic E-state index is -2.13. The van der Waals surface area contributed by atoms with Gasteiger partial charge in [-0.3, -0.25) is 0 Å². The van der Waals surface area contributed by atoms with E-state index in [9.17, 15) is 0 Å². The van der Waals surface area contributed by atoms with Gasteiger partial charge in [0.25, 0.3) is 0 Å². The number of hydrogen-bond acceptors (Lipinski definition) is 2. The summed E-state index contributed by atoms with van der Waals surface area (Å²) in [7, 11) is -5.82. The molecule has 0 fully saturated rings. The zero-order valence-electron chi connectivity index (χ0n) is 13.0. The summed E-state index contributed by atoms with van der Waals surface area (Å²) in [6, 6.07) is 10.4. The van der Waals surface area contributed by atoms with Crippen LogP contribution in [-0.2, 0) is 8.23 Å². The summed E-state index contributed by atoms with van der Waals surface area (Å²) in [5.41, 5.74) is 2.00. The molecule has 0 aliphatic carbocycles. The standard InChI is InChI=1S/C14H26O2Si3/c1-8-19(7,14-12-10-9-11-13-14)16-18(5,6)15-17(2,3)4/h8-13H,1H2,2-7H3. The van der Waals surface area contributed by atoms with Crippen molar-refractivity contribution in [3.63, 3.8) is 0 Å². The summed E-state index contributed by atoms with van der Waals surface area (Å²) in [5, 5.41) is 1.25. The van der Waals surface area contributed by atoms with Crippen LogP contribution in [0.3, 0.4) is 0 Å². The molecule has 0 bridgehead atoms.